The predicted molar refractivity (Wildman–Crippen MR) is 60.3 cm³/mol. The van der Waals surface area contributed by atoms with Crippen LogP contribution in [0.1, 0.15) is 24.8 Å². The minimum absolute atomic E-state index is 0.511. The summed E-state index contributed by atoms with van der Waals surface area (Å²) in [4.78, 5) is 2.91. The van der Waals surface area contributed by atoms with Gasteiger partial charge in [-0.15, -0.1) is 0 Å². The molecular formula is C12H16ClN. The Morgan fingerprint density at radius 1 is 1.21 bits per heavy atom. The minimum atomic E-state index is 0.511. The average molecular weight is 210 g/mol. The van der Waals surface area contributed by atoms with Crippen molar-refractivity contribution in [3.05, 3.63) is 35.9 Å². The maximum Gasteiger partial charge on any atom is 0.0252 e. The molecule has 0 saturated heterocycles. The van der Waals surface area contributed by atoms with Crippen LogP contribution in [0, 0.1) is 5.92 Å². The van der Waals surface area contributed by atoms with E-state index in [9.17, 15) is 0 Å². The molecule has 1 N–H and O–H groups in total. The van der Waals surface area contributed by atoms with Gasteiger partial charge < -0.3 is 0 Å². The van der Waals surface area contributed by atoms with Crippen molar-refractivity contribution in [3.8, 4) is 0 Å². The first-order valence-corrected chi connectivity index (χ1v) is 5.68. The van der Waals surface area contributed by atoms with Crippen LogP contribution < -0.4 is 4.84 Å². The summed E-state index contributed by atoms with van der Waals surface area (Å²) < 4.78 is 0. The highest BCUT2D eigenvalue weighted by Crippen LogP contribution is 2.28. The van der Waals surface area contributed by atoms with Crippen LogP contribution in [-0.2, 0) is 6.42 Å². The van der Waals surface area contributed by atoms with Crippen LogP contribution in [0.25, 0.3) is 0 Å². The molecular weight excluding hydrogens is 194 g/mol. The molecule has 1 fully saturated rings. The Kier molecular flexibility index (Phi) is 3.44. The second-order valence-electron chi connectivity index (χ2n) is 4.10. The molecule has 0 amide bonds. The molecule has 0 radical (unpaired) electrons. The van der Waals surface area contributed by atoms with Gasteiger partial charge in [-0.25, -0.2) is 4.84 Å². The minimum Gasteiger partial charge on any atom is -0.230 e. The van der Waals surface area contributed by atoms with Crippen LogP contribution >= 0.6 is 11.8 Å². The lowest BCUT2D eigenvalue weighted by Gasteiger charge is -2.17. The molecule has 2 heteroatoms. The van der Waals surface area contributed by atoms with Crippen LogP contribution in [-0.4, -0.2) is 6.04 Å². The first-order chi connectivity index (χ1) is 6.90. The van der Waals surface area contributed by atoms with E-state index in [1.807, 2.05) is 0 Å². The monoisotopic (exact) mass is 209 g/mol. The Balaban J connectivity index is 1.97. The summed E-state index contributed by atoms with van der Waals surface area (Å²) in [5.74, 6) is 0.718. The smallest absolute Gasteiger partial charge is 0.0252 e. The third-order valence-electron chi connectivity index (χ3n) is 3.14. The molecule has 76 valence electrons. The van der Waals surface area contributed by atoms with Crippen molar-refractivity contribution in [1.29, 1.82) is 0 Å². The van der Waals surface area contributed by atoms with Crippen molar-refractivity contribution >= 4 is 11.8 Å². The normalized spacial score (nSPS) is 26.6. The molecule has 0 aliphatic heterocycles. The Bertz CT molecular complexity index is 273. The van der Waals surface area contributed by atoms with Gasteiger partial charge in [-0.05, 0) is 42.5 Å². The third-order valence-corrected chi connectivity index (χ3v) is 3.42. The topological polar surface area (TPSA) is 12.0 Å². The molecule has 0 bridgehead atoms. The lowest BCUT2D eigenvalue weighted by Crippen LogP contribution is -2.26. The van der Waals surface area contributed by atoms with E-state index in [2.05, 4.69) is 35.2 Å². The summed E-state index contributed by atoms with van der Waals surface area (Å²) in [6, 6.07) is 11.2. The Hall–Kier alpha value is -0.530. The summed E-state index contributed by atoms with van der Waals surface area (Å²) >= 11 is 5.72. The molecule has 2 rings (SSSR count). The zero-order chi connectivity index (χ0) is 9.80. The second kappa shape index (κ2) is 4.81. The Morgan fingerprint density at radius 3 is 2.71 bits per heavy atom. The van der Waals surface area contributed by atoms with E-state index in [0.29, 0.717) is 6.04 Å². The maximum absolute atomic E-state index is 5.72. The summed E-state index contributed by atoms with van der Waals surface area (Å²) in [6.45, 7) is 0. The van der Waals surface area contributed by atoms with Crippen LogP contribution in [0.2, 0.25) is 0 Å². The number of benzene rings is 1. The first kappa shape index (κ1) is 10.0. The molecule has 2 atom stereocenters. The van der Waals surface area contributed by atoms with Gasteiger partial charge in [0.2, 0.25) is 0 Å². The lowest BCUT2D eigenvalue weighted by atomic mass is 9.95. The van der Waals surface area contributed by atoms with Crippen LogP contribution in [0.4, 0.5) is 0 Å². The number of halogens is 1. The zero-order valence-electron chi connectivity index (χ0n) is 8.25. The molecule has 14 heavy (non-hydrogen) atoms. The first-order valence-electron chi connectivity index (χ1n) is 5.30. The standard InChI is InChI=1S/C12H16ClN/c13-14-12-8-4-7-11(12)9-10-5-2-1-3-6-10/h1-3,5-6,11-12,14H,4,7-9H2/t11-,12+/m0/s1. The van der Waals surface area contributed by atoms with Gasteiger partial charge >= 0.3 is 0 Å². The van der Waals surface area contributed by atoms with Gasteiger partial charge in [0, 0.05) is 6.04 Å². The van der Waals surface area contributed by atoms with Gasteiger partial charge in [0.25, 0.3) is 0 Å². The summed E-state index contributed by atoms with van der Waals surface area (Å²) in [5.41, 5.74) is 1.43. The van der Waals surface area contributed by atoms with Crippen LogP contribution in [0.3, 0.4) is 0 Å². The highest BCUT2D eigenvalue weighted by molar-refractivity contribution is 6.13. The Morgan fingerprint density at radius 2 is 2.00 bits per heavy atom. The average Bonchev–Trinajstić information content (AvgIpc) is 2.67. The largest absolute Gasteiger partial charge is 0.230 e. The third kappa shape index (κ3) is 2.28. The molecule has 0 unspecified atom stereocenters. The molecule has 1 saturated carbocycles. The second-order valence-corrected chi connectivity index (χ2v) is 4.31. The van der Waals surface area contributed by atoms with E-state index in [1.54, 1.807) is 0 Å². The van der Waals surface area contributed by atoms with E-state index in [-0.39, 0.29) is 0 Å². The van der Waals surface area contributed by atoms with Gasteiger partial charge in [0.15, 0.2) is 0 Å². The van der Waals surface area contributed by atoms with Crippen molar-refractivity contribution in [2.24, 2.45) is 5.92 Å². The zero-order valence-corrected chi connectivity index (χ0v) is 9.00. The van der Waals surface area contributed by atoms with Gasteiger partial charge in [0.1, 0.15) is 0 Å². The molecule has 1 aliphatic carbocycles. The number of nitrogens with one attached hydrogen (secondary N) is 1. The highest BCUT2D eigenvalue weighted by atomic mass is 35.5. The highest BCUT2D eigenvalue weighted by Gasteiger charge is 2.26. The van der Waals surface area contributed by atoms with E-state index in [0.717, 1.165) is 12.3 Å². The SMILES string of the molecule is ClN[C@@H]1CCC[C@H]1Cc1ccccc1. The fourth-order valence-corrected chi connectivity index (χ4v) is 2.63. The van der Waals surface area contributed by atoms with Crippen molar-refractivity contribution < 1.29 is 0 Å². The summed E-state index contributed by atoms with van der Waals surface area (Å²) in [7, 11) is 0. The maximum atomic E-state index is 5.72. The van der Waals surface area contributed by atoms with Gasteiger partial charge in [-0.3, -0.25) is 0 Å². The molecule has 1 nitrogen and oxygen atoms in total. The van der Waals surface area contributed by atoms with Crippen molar-refractivity contribution in [2.45, 2.75) is 31.7 Å². The number of hydrogen-bond donors (Lipinski definition) is 1. The van der Waals surface area contributed by atoms with Crippen LogP contribution in [0.15, 0.2) is 30.3 Å². The van der Waals surface area contributed by atoms with Crippen molar-refractivity contribution in [2.75, 3.05) is 0 Å². The predicted octanol–water partition coefficient (Wildman–Crippen LogP) is 3.14. The van der Waals surface area contributed by atoms with Crippen molar-refractivity contribution in [1.82, 2.24) is 4.84 Å². The van der Waals surface area contributed by atoms with E-state index < -0.39 is 0 Å². The molecule has 0 heterocycles. The van der Waals surface area contributed by atoms with Gasteiger partial charge in [-0.1, -0.05) is 36.8 Å². The number of hydrogen-bond acceptors (Lipinski definition) is 1. The quantitative estimate of drug-likeness (QED) is 0.755. The van der Waals surface area contributed by atoms with E-state index >= 15 is 0 Å². The van der Waals surface area contributed by atoms with Crippen molar-refractivity contribution in [3.63, 3.8) is 0 Å². The fourth-order valence-electron chi connectivity index (χ4n) is 2.34. The summed E-state index contributed by atoms with van der Waals surface area (Å²) in [5, 5.41) is 0. The van der Waals surface area contributed by atoms with E-state index in [4.69, 9.17) is 11.8 Å². The van der Waals surface area contributed by atoms with Gasteiger partial charge in [-0.2, -0.15) is 0 Å². The summed E-state index contributed by atoms with van der Waals surface area (Å²) in [6.07, 6.45) is 4.99. The lowest BCUT2D eigenvalue weighted by molar-refractivity contribution is 0.454. The molecule has 0 aromatic heterocycles. The molecule has 1 aliphatic rings. The number of rotatable bonds is 3. The molecule has 0 spiro atoms. The molecule has 1 aromatic carbocycles. The van der Waals surface area contributed by atoms with Crippen LogP contribution in [0.5, 0.6) is 0 Å². The Labute approximate surface area is 90.6 Å². The fraction of sp³-hybridized carbons (Fsp3) is 0.500. The van der Waals surface area contributed by atoms with E-state index in [1.165, 1.54) is 24.8 Å². The molecule has 1 aromatic rings. The van der Waals surface area contributed by atoms with Gasteiger partial charge in [0.05, 0.1) is 0 Å².